The van der Waals surface area contributed by atoms with Gasteiger partial charge in [-0.15, -0.1) is 0 Å². The van der Waals surface area contributed by atoms with Gasteiger partial charge in [-0.1, -0.05) is 44.2 Å². The number of nitrogens with one attached hydrogen (secondary N) is 1. The fourth-order valence-electron chi connectivity index (χ4n) is 2.50. The van der Waals surface area contributed by atoms with Crippen LogP contribution in [0.2, 0.25) is 0 Å². The Morgan fingerprint density at radius 3 is 2.63 bits per heavy atom. The summed E-state index contributed by atoms with van der Waals surface area (Å²) in [5.41, 5.74) is 1.59. The molecule has 0 aliphatic heterocycles. The Bertz CT molecular complexity index is 877. The molecule has 0 fully saturated rings. The molecule has 1 amide bonds. The summed E-state index contributed by atoms with van der Waals surface area (Å²) in [6.07, 6.45) is 2.25. The lowest BCUT2D eigenvalue weighted by atomic mass is 10.1. The monoisotopic (exact) mass is 383 g/mol. The summed E-state index contributed by atoms with van der Waals surface area (Å²) < 4.78 is 0. The van der Waals surface area contributed by atoms with Gasteiger partial charge in [-0.05, 0) is 37.1 Å². The van der Waals surface area contributed by atoms with E-state index in [0.29, 0.717) is 17.0 Å². The van der Waals surface area contributed by atoms with Gasteiger partial charge in [0.1, 0.15) is 11.1 Å². The van der Waals surface area contributed by atoms with Crippen LogP contribution < -0.4 is 5.32 Å². The standard InChI is InChI=1S/C20H21N3O3S/c1-3-7-14-11-10-13(12-21)19(22-14)27-17(4-2)18(24)23-16-9-6-5-8-15(16)20(25)26/h5-6,8-11,17H,3-4,7H2,1-2H3,(H,23,24)(H,25,26). The van der Waals surface area contributed by atoms with Gasteiger partial charge in [-0.3, -0.25) is 4.79 Å². The summed E-state index contributed by atoms with van der Waals surface area (Å²) >= 11 is 1.23. The molecule has 1 aromatic carbocycles. The first-order valence-electron chi connectivity index (χ1n) is 8.70. The number of aromatic nitrogens is 1. The van der Waals surface area contributed by atoms with Crippen molar-refractivity contribution in [3.8, 4) is 6.07 Å². The Labute approximate surface area is 162 Å². The summed E-state index contributed by atoms with van der Waals surface area (Å²) in [7, 11) is 0. The maximum absolute atomic E-state index is 12.7. The van der Waals surface area contributed by atoms with Crippen molar-refractivity contribution < 1.29 is 14.7 Å². The number of hydrogen-bond donors (Lipinski definition) is 2. The number of anilines is 1. The smallest absolute Gasteiger partial charge is 0.337 e. The Morgan fingerprint density at radius 1 is 1.26 bits per heavy atom. The van der Waals surface area contributed by atoms with Crippen molar-refractivity contribution in [2.75, 3.05) is 5.32 Å². The molecule has 0 spiro atoms. The third-order valence-corrected chi connectivity index (χ3v) is 5.24. The van der Waals surface area contributed by atoms with Crippen LogP contribution in [0.25, 0.3) is 0 Å². The highest BCUT2D eigenvalue weighted by molar-refractivity contribution is 8.00. The summed E-state index contributed by atoms with van der Waals surface area (Å²) in [6, 6.07) is 11.9. The fraction of sp³-hybridized carbons (Fsp3) is 0.300. The number of carboxylic acid groups (broad SMARTS) is 1. The van der Waals surface area contributed by atoms with Crippen molar-refractivity contribution in [3.63, 3.8) is 0 Å². The average Bonchev–Trinajstić information content (AvgIpc) is 2.66. The van der Waals surface area contributed by atoms with Crippen LogP contribution in [0.5, 0.6) is 0 Å². The fourth-order valence-corrected chi connectivity index (χ4v) is 3.51. The summed E-state index contributed by atoms with van der Waals surface area (Å²) in [5.74, 6) is -1.42. The molecule has 0 aliphatic rings. The topological polar surface area (TPSA) is 103 Å². The summed E-state index contributed by atoms with van der Waals surface area (Å²) in [5, 5.41) is 21.3. The maximum Gasteiger partial charge on any atom is 0.337 e. The second-order valence-corrected chi connectivity index (χ2v) is 7.06. The molecular weight excluding hydrogens is 362 g/mol. The molecule has 1 heterocycles. The van der Waals surface area contributed by atoms with E-state index >= 15 is 0 Å². The van der Waals surface area contributed by atoms with Crippen LogP contribution in [0.3, 0.4) is 0 Å². The first kappa shape index (κ1) is 20.5. The molecule has 2 rings (SSSR count). The lowest BCUT2D eigenvalue weighted by Crippen LogP contribution is -2.25. The number of pyridine rings is 1. The molecule has 0 radical (unpaired) electrons. The predicted octanol–water partition coefficient (Wildman–Crippen LogP) is 4.11. The highest BCUT2D eigenvalue weighted by Crippen LogP contribution is 2.28. The van der Waals surface area contributed by atoms with E-state index in [9.17, 15) is 20.0 Å². The van der Waals surface area contributed by atoms with Crippen molar-refractivity contribution in [2.45, 2.75) is 43.4 Å². The number of para-hydroxylation sites is 1. The zero-order valence-corrected chi connectivity index (χ0v) is 16.0. The van der Waals surface area contributed by atoms with Crippen molar-refractivity contribution in [1.82, 2.24) is 4.98 Å². The molecule has 27 heavy (non-hydrogen) atoms. The second-order valence-electron chi connectivity index (χ2n) is 5.87. The van der Waals surface area contributed by atoms with Crippen molar-refractivity contribution in [3.05, 3.63) is 53.2 Å². The number of rotatable bonds is 8. The minimum absolute atomic E-state index is 0.0338. The number of thioether (sulfide) groups is 1. The van der Waals surface area contributed by atoms with Crippen LogP contribution in [-0.4, -0.2) is 27.2 Å². The van der Waals surface area contributed by atoms with Crippen molar-refractivity contribution in [2.24, 2.45) is 0 Å². The van der Waals surface area contributed by atoms with Crippen LogP contribution in [-0.2, 0) is 11.2 Å². The van der Waals surface area contributed by atoms with Crippen molar-refractivity contribution >= 4 is 29.3 Å². The van der Waals surface area contributed by atoms with Crippen LogP contribution in [0, 0.1) is 11.3 Å². The first-order chi connectivity index (χ1) is 13.0. The number of hydrogen-bond acceptors (Lipinski definition) is 5. The Morgan fingerprint density at radius 2 is 2.00 bits per heavy atom. The third-order valence-electron chi connectivity index (χ3n) is 3.88. The lowest BCUT2D eigenvalue weighted by Gasteiger charge is -2.16. The van der Waals surface area contributed by atoms with Gasteiger partial charge in [-0.2, -0.15) is 5.26 Å². The molecule has 140 valence electrons. The Hall–Kier alpha value is -2.85. The van der Waals surface area contributed by atoms with Crippen LogP contribution in [0.4, 0.5) is 5.69 Å². The van der Waals surface area contributed by atoms with Crippen LogP contribution in [0.15, 0.2) is 41.4 Å². The number of carbonyl (C=O) groups is 2. The molecule has 6 nitrogen and oxygen atoms in total. The van der Waals surface area contributed by atoms with E-state index in [4.69, 9.17) is 0 Å². The molecule has 1 atom stereocenters. The molecule has 0 saturated heterocycles. The number of carboxylic acids is 1. The third kappa shape index (κ3) is 5.31. The second kappa shape index (κ2) is 9.74. The van der Waals surface area contributed by atoms with Gasteiger partial charge in [0, 0.05) is 5.69 Å². The van der Waals surface area contributed by atoms with Gasteiger partial charge in [0.15, 0.2) is 0 Å². The first-order valence-corrected chi connectivity index (χ1v) is 9.57. The summed E-state index contributed by atoms with van der Waals surface area (Å²) in [4.78, 5) is 28.5. The largest absolute Gasteiger partial charge is 0.478 e. The number of nitriles is 1. The number of aromatic carboxylic acids is 1. The molecule has 2 aromatic rings. The highest BCUT2D eigenvalue weighted by Gasteiger charge is 2.22. The van der Waals surface area contributed by atoms with Gasteiger partial charge in [-0.25, -0.2) is 9.78 Å². The van der Waals surface area contributed by atoms with Crippen LogP contribution >= 0.6 is 11.8 Å². The van der Waals surface area contributed by atoms with E-state index in [0.717, 1.165) is 18.5 Å². The van der Waals surface area contributed by atoms with Gasteiger partial charge in [0.05, 0.1) is 22.1 Å². The molecule has 2 N–H and O–H groups in total. The normalized spacial score (nSPS) is 11.4. The van der Waals surface area contributed by atoms with E-state index in [1.165, 1.54) is 17.8 Å². The van der Waals surface area contributed by atoms with Gasteiger partial charge < -0.3 is 10.4 Å². The predicted molar refractivity (Wildman–Crippen MR) is 105 cm³/mol. The summed E-state index contributed by atoms with van der Waals surface area (Å²) in [6.45, 7) is 3.91. The maximum atomic E-state index is 12.7. The van der Waals surface area contributed by atoms with E-state index in [1.807, 2.05) is 13.0 Å². The zero-order chi connectivity index (χ0) is 19.8. The van der Waals surface area contributed by atoms with E-state index < -0.39 is 11.2 Å². The SMILES string of the molecule is CCCc1ccc(C#N)c(SC(CC)C(=O)Nc2ccccc2C(=O)O)n1. The molecular formula is C20H21N3O3S. The van der Waals surface area contributed by atoms with Crippen LogP contribution in [0.1, 0.15) is 48.3 Å². The van der Waals surface area contributed by atoms with E-state index in [2.05, 4.69) is 23.3 Å². The minimum Gasteiger partial charge on any atom is -0.478 e. The Balaban J connectivity index is 2.23. The average molecular weight is 383 g/mol. The number of amides is 1. The molecule has 0 saturated carbocycles. The number of benzene rings is 1. The molecule has 1 unspecified atom stereocenters. The van der Waals surface area contributed by atoms with Gasteiger partial charge in [0.25, 0.3) is 0 Å². The van der Waals surface area contributed by atoms with E-state index in [-0.39, 0.29) is 17.2 Å². The number of nitrogens with zero attached hydrogens (tertiary/aromatic N) is 2. The molecule has 7 heteroatoms. The highest BCUT2D eigenvalue weighted by atomic mass is 32.2. The van der Waals surface area contributed by atoms with Gasteiger partial charge in [0.2, 0.25) is 5.91 Å². The molecule has 1 aromatic heterocycles. The lowest BCUT2D eigenvalue weighted by molar-refractivity contribution is -0.115. The Kier molecular flexibility index (Phi) is 7.38. The number of carbonyl (C=O) groups excluding carboxylic acids is 1. The van der Waals surface area contributed by atoms with E-state index in [1.54, 1.807) is 24.3 Å². The van der Waals surface area contributed by atoms with Crippen molar-refractivity contribution in [1.29, 1.82) is 5.26 Å². The number of aryl methyl sites for hydroxylation is 1. The molecule has 0 aliphatic carbocycles. The zero-order valence-electron chi connectivity index (χ0n) is 15.2. The van der Waals surface area contributed by atoms with Gasteiger partial charge >= 0.3 is 5.97 Å². The molecule has 0 bridgehead atoms. The quantitative estimate of drug-likeness (QED) is 0.665. The minimum atomic E-state index is -1.10.